The maximum absolute atomic E-state index is 12.9. The summed E-state index contributed by atoms with van der Waals surface area (Å²) in [5.74, 6) is -0.289. The molecule has 10 heteroatoms. The molecule has 0 aromatic heterocycles. The van der Waals surface area contributed by atoms with E-state index in [1.807, 2.05) is 21.2 Å². The Morgan fingerprint density at radius 3 is 2.59 bits per heavy atom. The minimum absolute atomic E-state index is 0.0817. The van der Waals surface area contributed by atoms with E-state index in [9.17, 15) is 19.2 Å². The van der Waals surface area contributed by atoms with Crippen LogP contribution in [0.25, 0.3) is 0 Å². The quantitative estimate of drug-likeness (QED) is 0.182. The molecule has 174 valence electrons. The zero-order valence-electron chi connectivity index (χ0n) is 17.9. The van der Waals surface area contributed by atoms with Crippen molar-refractivity contribution < 1.29 is 23.9 Å². The van der Waals surface area contributed by atoms with Crippen LogP contribution in [0.15, 0.2) is 18.2 Å². The average Bonchev–Trinajstić information content (AvgIpc) is 3.00. The third-order valence-corrected chi connectivity index (χ3v) is 6.55. The van der Waals surface area contributed by atoms with Gasteiger partial charge in [0.2, 0.25) is 5.91 Å². The van der Waals surface area contributed by atoms with E-state index in [1.165, 1.54) is 19.9 Å². The highest BCUT2D eigenvalue weighted by molar-refractivity contribution is 14.2. The van der Waals surface area contributed by atoms with Crippen molar-refractivity contribution in [1.82, 2.24) is 15.5 Å². The summed E-state index contributed by atoms with van der Waals surface area (Å²) in [6.45, 7) is 2.83. The van der Waals surface area contributed by atoms with Crippen LogP contribution in [-0.4, -0.2) is 61.7 Å². The van der Waals surface area contributed by atoms with Crippen LogP contribution in [-0.2, 0) is 9.59 Å². The molecule has 4 rings (SSSR count). The molecule has 1 saturated heterocycles. The number of ether oxygens (including phenoxy) is 1. The molecular formula is C22H28IN3O5S. The van der Waals surface area contributed by atoms with E-state index < -0.39 is 23.8 Å². The van der Waals surface area contributed by atoms with Crippen LogP contribution >= 0.6 is 31.0 Å². The lowest BCUT2D eigenvalue weighted by atomic mass is 9.58. The summed E-state index contributed by atoms with van der Waals surface area (Å²) in [4.78, 5) is 49.6. The second-order valence-electron chi connectivity index (χ2n) is 8.58. The van der Waals surface area contributed by atoms with E-state index in [0.717, 1.165) is 24.4 Å². The first-order valence-electron chi connectivity index (χ1n) is 10.7. The average molecular weight is 573 g/mol. The topological polar surface area (TPSA) is 105 Å². The first-order chi connectivity index (χ1) is 15.5. The molecule has 2 N–H and O–H groups in total. The highest BCUT2D eigenvalue weighted by atomic mass is 127. The van der Waals surface area contributed by atoms with Gasteiger partial charge in [-0.1, -0.05) is 0 Å². The summed E-state index contributed by atoms with van der Waals surface area (Å²) in [6, 6.07) is 3.83. The number of nitrogens with one attached hydrogen (secondary N) is 2. The van der Waals surface area contributed by atoms with Crippen molar-refractivity contribution in [3.05, 3.63) is 29.3 Å². The molecule has 2 aliphatic heterocycles. The van der Waals surface area contributed by atoms with Crippen molar-refractivity contribution in [3.8, 4) is 5.75 Å². The highest BCUT2D eigenvalue weighted by Crippen LogP contribution is 2.49. The summed E-state index contributed by atoms with van der Waals surface area (Å²) >= 11 is 1.84. The number of carbonyl (C=O) groups excluding carboxylic acids is 4. The Hall–Kier alpha value is -1.66. The van der Waals surface area contributed by atoms with Gasteiger partial charge in [-0.3, -0.25) is 19.3 Å². The van der Waals surface area contributed by atoms with Gasteiger partial charge in [-0.15, -0.1) is 9.80 Å². The van der Waals surface area contributed by atoms with Crippen LogP contribution in [0, 0.1) is 11.3 Å². The van der Waals surface area contributed by atoms with Crippen molar-refractivity contribution in [2.45, 2.75) is 38.1 Å². The lowest BCUT2D eigenvalue weighted by Gasteiger charge is -2.54. The second-order valence-corrected chi connectivity index (χ2v) is 8.58. The van der Waals surface area contributed by atoms with Crippen LogP contribution < -0.4 is 15.4 Å². The van der Waals surface area contributed by atoms with Gasteiger partial charge in [-0.25, -0.2) is 0 Å². The third-order valence-electron chi connectivity index (χ3n) is 6.55. The van der Waals surface area contributed by atoms with Gasteiger partial charge in [0.25, 0.3) is 11.8 Å². The molecule has 32 heavy (non-hydrogen) atoms. The maximum Gasteiger partial charge on any atom is 0.262 e. The van der Waals surface area contributed by atoms with Crippen molar-refractivity contribution in [2.24, 2.45) is 11.3 Å². The van der Waals surface area contributed by atoms with Crippen molar-refractivity contribution >= 4 is 55.0 Å². The molecule has 1 aromatic carbocycles. The highest BCUT2D eigenvalue weighted by Gasteiger charge is 2.48. The molecule has 3 amide bonds. The maximum atomic E-state index is 12.9. The molecular weight excluding hydrogens is 545 g/mol. The number of carbonyl (C=O) groups is 4. The van der Waals surface area contributed by atoms with E-state index in [-0.39, 0.29) is 24.0 Å². The predicted octanol–water partition coefficient (Wildman–Crippen LogP) is 2.41. The van der Waals surface area contributed by atoms with Gasteiger partial charge >= 0.3 is 0 Å². The SMILES string of the molecule is CNC(=O)C(CCC=O)N1C(=O)c2ccc(OCCC3CC4(CNC4)C3)cc2C1=O.SI. The number of hydrogen-bond acceptors (Lipinski definition) is 7. The minimum Gasteiger partial charge on any atom is -0.494 e. The smallest absolute Gasteiger partial charge is 0.262 e. The fraction of sp³-hybridized carbons (Fsp3) is 0.545. The summed E-state index contributed by atoms with van der Waals surface area (Å²) in [7, 11) is 4.93. The molecule has 0 radical (unpaired) electrons. The van der Waals surface area contributed by atoms with E-state index in [2.05, 4.69) is 20.4 Å². The Bertz CT molecular complexity index is 884. The fourth-order valence-electron chi connectivity index (χ4n) is 4.86. The molecule has 0 bridgehead atoms. The zero-order chi connectivity index (χ0) is 23.3. The number of thiol groups is 1. The molecule has 3 aliphatic rings. The number of fused-ring (bicyclic) bond motifs is 1. The summed E-state index contributed by atoms with van der Waals surface area (Å²) in [5, 5.41) is 5.80. The zero-order valence-corrected chi connectivity index (χ0v) is 21.0. The Labute approximate surface area is 205 Å². The van der Waals surface area contributed by atoms with Crippen molar-refractivity contribution in [1.29, 1.82) is 0 Å². The lowest BCUT2D eigenvalue weighted by Crippen LogP contribution is -2.60. The van der Waals surface area contributed by atoms with E-state index >= 15 is 0 Å². The van der Waals surface area contributed by atoms with Crippen LogP contribution in [0.4, 0.5) is 0 Å². The Morgan fingerprint density at radius 1 is 1.31 bits per heavy atom. The van der Waals surface area contributed by atoms with E-state index in [1.54, 1.807) is 18.2 Å². The van der Waals surface area contributed by atoms with Crippen LogP contribution in [0.5, 0.6) is 5.75 Å². The second kappa shape index (κ2) is 11.0. The largest absolute Gasteiger partial charge is 0.494 e. The molecule has 1 aliphatic carbocycles. The molecule has 1 saturated carbocycles. The first kappa shape index (κ1) is 25.0. The fourth-order valence-corrected chi connectivity index (χ4v) is 4.86. The number of likely N-dealkylation sites (N-methyl/N-ethyl adjacent to an activating group) is 1. The Morgan fingerprint density at radius 2 is 2.00 bits per heavy atom. The Kier molecular flexibility index (Phi) is 8.56. The van der Waals surface area contributed by atoms with E-state index in [0.29, 0.717) is 30.0 Å². The van der Waals surface area contributed by atoms with Gasteiger partial charge in [0, 0.05) is 26.6 Å². The first-order valence-corrected chi connectivity index (χ1v) is 13.9. The Balaban J connectivity index is 0.00000141. The predicted molar refractivity (Wildman–Crippen MR) is 131 cm³/mol. The van der Waals surface area contributed by atoms with Crippen molar-refractivity contribution in [3.63, 3.8) is 0 Å². The molecule has 1 aromatic rings. The van der Waals surface area contributed by atoms with Crippen molar-refractivity contribution in [2.75, 3.05) is 26.7 Å². The van der Waals surface area contributed by atoms with Gasteiger partial charge in [0.1, 0.15) is 18.1 Å². The number of rotatable bonds is 9. The van der Waals surface area contributed by atoms with Gasteiger partial charge in [-0.2, -0.15) is 0 Å². The summed E-state index contributed by atoms with van der Waals surface area (Å²) in [6.07, 6.45) is 4.32. The number of imide groups is 1. The summed E-state index contributed by atoms with van der Waals surface area (Å²) in [5.41, 5.74) is 1.03. The molecule has 1 spiro atoms. The van der Waals surface area contributed by atoms with Gasteiger partial charge in [0.05, 0.1) is 17.7 Å². The monoisotopic (exact) mass is 573 g/mol. The number of halogens is 1. The molecule has 1 unspecified atom stereocenters. The normalized spacial score (nSPS) is 19.3. The number of amides is 3. The molecule has 2 heterocycles. The van der Waals surface area contributed by atoms with Gasteiger partial charge < -0.3 is 20.2 Å². The van der Waals surface area contributed by atoms with Gasteiger partial charge in [-0.05, 0) is 76.4 Å². The number of hydrogen-bond donors (Lipinski definition) is 3. The molecule has 1 atom stereocenters. The number of benzene rings is 1. The van der Waals surface area contributed by atoms with E-state index in [4.69, 9.17) is 4.74 Å². The standard InChI is InChI=1S/C22H27N3O5.HIS/c1-23-19(27)18(3-2-7-26)25-20(28)16-5-4-15(9-17(16)21(25)29)30-8-6-14-10-22(11-14)12-24-13-22;1-2/h4-5,7,9,14,18,24H,2-3,6,8,10-13H2,1H3,(H,23,27);2H. The van der Waals surface area contributed by atoms with Crippen LogP contribution in [0.1, 0.15) is 52.8 Å². The molecule has 8 nitrogen and oxygen atoms in total. The van der Waals surface area contributed by atoms with Crippen LogP contribution in [0.2, 0.25) is 0 Å². The summed E-state index contributed by atoms with van der Waals surface area (Å²) < 4.78 is 5.85. The van der Waals surface area contributed by atoms with Crippen LogP contribution in [0.3, 0.4) is 0 Å². The molecule has 2 fully saturated rings. The van der Waals surface area contributed by atoms with Gasteiger partial charge in [0.15, 0.2) is 0 Å². The number of nitrogens with zero attached hydrogens (tertiary/aromatic N) is 1. The third kappa shape index (κ3) is 4.96. The number of aldehydes is 1. The minimum atomic E-state index is -1.01. The lowest BCUT2D eigenvalue weighted by molar-refractivity contribution is -0.124.